The Hall–Kier alpha value is -2.01. The first-order valence-corrected chi connectivity index (χ1v) is 9.23. The van der Waals surface area contributed by atoms with Crippen LogP contribution >= 0.6 is 23.2 Å². The third-order valence-corrected chi connectivity index (χ3v) is 4.36. The molecule has 2 aromatic carbocycles. The topological polar surface area (TPSA) is 47.1 Å². The monoisotopic (exact) mass is 390 g/mol. The highest BCUT2D eigenvalue weighted by Crippen LogP contribution is 2.30. The van der Waals surface area contributed by atoms with Crippen molar-refractivity contribution in [2.45, 2.75) is 26.4 Å². The molecule has 3 aromatic rings. The molecule has 0 atom stereocenters. The lowest BCUT2D eigenvalue weighted by Crippen LogP contribution is -2.01. The summed E-state index contributed by atoms with van der Waals surface area (Å²) >= 11 is 12.0. The third-order valence-electron chi connectivity index (χ3n) is 3.92. The van der Waals surface area contributed by atoms with E-state index in [1.165, 1.54) is 0 Å². The average molecular weight is 391 g/mol. The summed E-state index contributed by atoms with van der Waals surface area (Å²) in [6.07, 6.45) is 1.51. The minimum Gasteiger partial charge on any atom is -0.439 e. The number of H-pyrrole nitrogens is 1. The van der Waals surface area contributed by atoms with Gasteiger partial charge in [0.1, 0.15) is 5.75 Å². The number of nitrogens with one attached hydrogen (secondary N) is 1. The summed E-state index contributed by atoms with van der Waals surface area (Å²) in [5, 5.41) is 8.39. The van der Waals surface area contributed by atoms with Crippen LogP contribution in [0.4, 0.5) is 0 Å². The Balaban J connectivity index is 1.60. The molecule has 0 saturated carbocycles. The lowest BCUT2D eigenvalue weighted by molar-refractivity contribution is 0.123. The fraction of sp³-hybridized carbons (Fsp3) is 0.250. The summed E-state index contributed by atoms with van der Waals surface area (Å²) in [5.41, 5.74) is 3.14. The molecule has 0 saturated heterocycles. The van der Waals surface area contributed by atoms with Crippen LogP contribution in [0.5, 0.6) is 11.6 Å². The van der Waals surface area contributed by atoms with E-state index in [4.69, 9.17) is 32.7 Å². The van der Waals surface area contributed by atoms with Crippen LogP contribution < -0.4 is 4.74 Å². The van der Waals surface area contributed by atoms with Crippen LogP contribution in [0.3, 0.4) is 0 Å². The first kappa shape index (κ1) is 18.8. The van der Waals surface area contributed by atoms with Crippen molar-refractivity contribution in [2.24, 2.45) is 0 Å². The molecule has 3 rings (SSSR count). The molecule has 0 aliphatic carbocycles. The van der Waals surface area contributed by atoms with Crippen molar-refractivity contribution >= 4 is 23.2 Å². The fourth-order valence-electron chi connectivity index (χ4n) is 2.68. The van der Waals surface area contributed by atoms with E-state index in [1.54, 1.807) is 18.2 Å². The van der Waals surface area contributed by atoms with Crippen molar-refractivity contribution in [3.8, 4) is 11.6 Å². The number of aromatic nitrogens is 2. The number of aromatic amines is 1. The number of benzene rings is 2. The zero-order valence-corrected chi connectivity index (χ0v) is 16.0. The van der Waals surface area contributed by atoms with E-state index in [0.717, 1.165) is 23.2 Å². The lowest BCUT2D eigenvalue weighted by Gasteiger charge is -2.07. The SMILES string of the molecule is CCc1c(CCOCc2ccccc2)n[nH]c1Oc1cc(Cl)cc(Cl)c1. The van der Waals surface area contributed by atoms with Crippen LogP contribution in [0.2, 0.25) is 10.0 Å². The van der Waals surface area contributed by atoms with E-state index in [9.17, 15) is 0 Å². The Morgan fingerprint density at radius 1 is 1.04 bits per heavy atom. The van der Waals surface area contributed by atoms with Gasteiger partial charge in [-0.2, -0.15) is 5.10 Å². The van der Waals surface area contributed by atoms with E-state index in [1.807, 2.05) is 30.3 Å². The standard InChI is InChI=1S/C20H20Cl2N2O2/c1-2-18-19(8-9-25-13-14-6-4-3-5-7-14)23-24-20(18)26-17-11-15(21)10-16(22)12-17/h3-7,10-12H,2,8-9,13H2,1H3,(H,23,24). The summed E-state index contributed by atoms with van der Waals surface area (Å²) in [4.78, 5) is 0. The summed E-state index contributed by atoms with van der Waals surface area (Å²) < 4.78 is 11.6. The maximum Gasteiger partial charge on any atom is 0.218 e. The van der Waals surface area contributed by atoms with Crippen molar-refractivity contribution in [2.75, 3.05) is 6.61 Å². The molecule has 0 spiro atoms. The Kier molecular flexibility index (Phi) is 6.56. The van der Waals surface area contributed by atoms with Crippen molar-refractivity contribution < 1.29 is 9.47 Å². The van der Waals surface area contributed by atoms with Crippen molar-refractivity contribution in [3.05, 3.63) is 75.4 Å². The van der Waals surface area contributed by atoms with Gasteiger partial charge in [0.15, 0.2) is 0 Å². The number of halogens is 2. The van der Waals surface area contributed by atoms with Crippen molar-refractivity contribution in [3.63, 3.8) is 0 Å². The molecular weight excluding hydrogens is 371 g/mol. The molecule has 1 aromatic heterocycles. The van der Waals surface area contributed by atoms with Crippen molar-refractivity contribution in [1.82, 2.24) is 10.2 Å². The zero-order valence-electron chi connectivity index (χ0n) is 14.5. The minimum absolute atomic E-state index is 0.527. The Labute approximate surface area is 163 Å². The lowest BCUT2D eigenvalue weighted by atomic mass is 10.1. The van der Waals surface area contributed by atoms with Gasteiger partial charge in [-0.05, 0) is 30.2 Å². The predicted molar refractivity (Wildman–Crippen MR) is 104 cm³/mol. The van der Waals surface area contributed by atoms with Gasteiger partial charge in [0, 0.05) is 22.0 Å². The van der Waals surface area contributed by atoms with Gasteiger partial charge in [-0.15, -0.1) is 0 Å². The van der Waals surface area contributed by atoms with Gasteiger partial charge in [-0.25, -0.2) is 5.10 Å². The van der Waals surface area contributed by atoms with Gasteiger partial charge in [0.25, 0.3) is 0 Å². The predicted octanol–water partition coefficient (Wildman–Crippen LogP) is 5.83. The van der Waals surface area contributed by atoms with Crippen molar-refractivity contribution in [1.29, 1.82) is 0 Å². The quantitative estimate of drug-likeness (QED) is 0.492. The molecule has 0 radical (unpaired) electrons. The van der Waals surface area contributed by atoms with E-state index in [0.29, 0.717) is 41.3 Å². The molecule has 6 heteroatoms. The molecular formula is C20H20Cl2N2O2. The van der Waals surface area contributed by atoms with Crippen LogP contribution in [0.15, 0.2) is 48.5 Å². The molecule has 1 heterocycles. The van der Waals surface area contributed by atoms with Gasteiger partial charge < -0.3 is 9.47 Å². The van der Waals surface area contributed by atoms with Gasteiger partial charge in [-0.3, -0.25) is 0 Å². The van der Waals surface area contributed by atoms with E-state index < -0.39 is 0 Å². The van der Waals surface area contributed by atoms with Gasteiger partial charge >= 0.3 is 0 Å². The molecule has 4 nitrogen and oxygen atoms in total. The molecule has 26 heavy (non-hydrogen) atoms. The normalized spacial score (nSPS) is 10.9. The zero-order chi connectivity index (χ0) is 18.4. The van der Waals surface area contributed by atoms with Crippen LogP contribution in [-0.4, -0.2) is 16.8 Å². The number of hydrogen-bond donors (Lipinski definition) is 1. The highest BCUT2D eigenvalue weighted by Gasteiger charge is 2.14. The highest BCUT2D eigenvalue weighted by atomic mass is 35.5. The Morgan fingerprint density at radius 2 is 1.77 bits per heavy atom. The highest BCUT2D eigenvalue weighted by molar-refractivity contribution is 6.34. The minimum atomic E-state index is 0.527. The third kappa shape index (κ3) is 5.01. The average Bonchev–Trinajstić information content (AvgIpc) is 3.00. The molecule has 0 aliphatic rings. The summed E-state index contributed by atoms with van der Waals surface area (Å²) in [7, 11) is 0. The maximum absolute atomic E-state index is 6.02. The van der Waals surface area contributed by atoms with Crippen LogP contribution in [0.25, 0.3) is 0 Å². The molecule has 136 valence electrons. The molecule has 0 unspecified atom stereocenters. The smallest absolute Gasteiger partial charge is 0.218 e. The van der Waals surface area contributed by atoms with Crippen LogP contribution in [-0.2, 0) is 24.2 Å². The number of ether oxygens (including phenoxy) is 2. The van der Waals surface area contributed by atoms with E-state index >= 15 is 0 Å². The second-order valence-electron chi connectivity index (χ2n) is 5.83. The van der Waals surface area contributed by atoms with E-state index in [2.05, 4.69) is 17.1 Å². The second-order valence-corrected chi connectivity index (χ2v) is 6.70. The van der Waals surface area contributed by atoms with Crippen LogP contribution in [0, 0.1) is 0 Å². The molecule has 0 amide bonds. The van der Waals surface area contributed by atoms with Gasteiger partial charge in [0.05, 0.1) is 18.9 Å². The summed E-state index contributed by atoms with van der Waals surface area (Å²) in [6.45, 7) is 3.25. The second kappa shape index (κ2) is 9.08. The van der Waals surface area contributed by atoms with Gasteiger partial charge in [0.2, 0.25) is 5.88 Å². The number of rotatable bonds is 8. The first-order valence-electron chi connectivity index (χ1n) is 8.47. The molecule has 1 N–H and O–H groups in total. The maximum atomic E-state index is 6.02. The molecule has 0 aliphatic heterocycles. The largest absolute Gasteiger partial charge is 0.439 e. The van der Waals surface area contributed by atoms with E-state index in [-0.39, 0.29) is 0 Å². The number of nitrogens with zero attached hydrogens (tertiary/aromatic N) is 1. The Morgan fingerprint density at radius 3 is 2.46 bits per heavy atom. The molecule has 0 fully saturated rings. The van der Waals surface area contributed by atoms with Gasteiger partial charge in [-0.1, -0.05) is 60.5 Å². The summed E-state index contributed by atoms with van der Waals surface area (Å²) in [5.74, 6) is 1.19. The first-order chi connectivity index (χ1) is 12.7. The molecule has 0 bridgehead atoms. The summed E-state index contributed by atoms with van der Waals surface area (Å²) in [6, 6.07) is 15.2. The van der Waals surface area contributed by atoms with Crippen LogP contribution in [0.1, 0.15) is 23.7 Å². The Bertz CT molecular complexity index is 830. The number of hydrogen-bond acceptors (Lipinski definition) is 3. The fourth-order valence-corrected chi connectivity index (χ4v) is 3.18.